The molecule has 2 aromatic rings. The lowest BCUT2D eigenvalue weighted by atomic mass is 10.1. The van der Waals surface area contributed by atoms with Crippen LogP contribution < -0.4 is 10.2 Å². The van der Waals surface area contributed by atoms with E-state index in [1.54, 1.807) is 0 Å². The first-order chi connectivity index (χ1) is 13.9. The molecule has 1 saturated heterocycles. The zero-order valence-corrected chi connectivity index (χ0v) is 17.6. The molecule has 1 amide bonds. The van der Waals surface area contributed by atoms with Crippen molar-refractivity contribution in [3.8, 4) is 0 Å². The third-order valence-electron chi connectivity index (χ3n) is 5.88. The fourth-order valence-corrected chi connectivity index (χ4v) is 4.35. The number of piperazine rings is 1. The van der Waals surface area contributed by atoms with Gasteiger partial charge in [-0.2, -0.15) is 0 Å². The first kappa shape index (κ1) is 19.8. The number of ketones is 1. The van der Waals surface area contributed by atoms with E-state index in [9.17, 15) is 9.59 Å². The van der Waals surface area contributed by atoms with E-state index in [0.29, 0.717) is 19.4 Å². The largest absolute Gasteiger partial charge is 0.376 e. The molecule has 152 valence electrons. The highest BCUT2D eigenvalue weighted by Gasteiger charge is 2.27. The van der Waals surface area contributed by atoms with Gasteiger partial charge in [-0.25, -0.2) is 0 Å². The van der Waals surface area contributed by atoms with Crippen molar-refractivity contribution >= 4 is 34.7 Å². The number of carbonyl (C=O) groups is 2. The molecule has 1 fully saturated rings. The van der Waals surface area contributed by atoms with Crippen LogP contribution in [0, 0.1) is 6.92 Å². The highest BCUT2D eigenvalue weighted by Crippen LogP contribution is 2.25. The second-order valence-corrected chi connectivity index (χ2v) is 8.45. The van der Waals surface area contributed by atoms with Crippen molar-refractivity contribution in [1.82, 2.24) is 4.90 Å². The summed E-state index contributed by atoms with van der Waals surface area (Å²) in [6.45, 7) is 6.66. The molecule has 0 bridgehead atoms. The van der Waals surface area contributed by atoms with Crippen LogP contribution in [0.25, 0.3) is 0 Å². The molecule has 0 saturated carbocycles. The van der Waals surface area contributed by atoms with E-state index in [1.807, 2.05) is 42.2 Å². The summed E-state index contributed by atoms with van der Waals surface area (Å²) in [6.07, 6.45) is 1.03. The molecule has 0 unspecified atom stereocenters. The van der Waals surface area contributed by atoms with Crippen molar-refractivity contribution in [1.29, 1.82) is 0 Å². The number of nitrogens with zero attached hydrogens (tertiary/aromatic N) is 2. The van der Waals surface area contributed by atoms with Gasteiger partial charge >= 0.3 is 0 Å². The van der Waals surface area contributed by atoms with E-state index in [-0.39, 0.29) is 24.3 Å². The van der Waals surface area contributed by atoms with Crippen molar-refractivity contribution < 1.29 is 9.59 Å². The molecule has 0 aromatic heterocycles. The summed E-state index contributed by atoms with van der Waals surface area (Å²) in [5, 5.41) is 4.01. The molecule has 0 spiro atoms. The smallest absolute Gasteiger partial charge is 0.242 e. The average Bonchev–Trinajstić information content (AvgIpc) is 3.07. The normalized spacial score (nSPS) is 18.7. The lowest BCUT2D eigenvalue weighted by molar-refractivity contribution is -0.131. The van der Waals surface area contributed by atoms with Crippen LogP contribution in [0.2, 0.25) is 5.02 Å². The van der Waals surface area contributed by atoms with Gasteiger partial charge in [-0.3, -0.25) is 9.59 Å². The molecular formula is C23H26ClN3O2. The summed E-state index contributed by atoms with van der Waals surface area (Å²) in [5.41, 5.74) is 5.30. The Kier molecular flexibility index (Phi) is 5.50. The van der Waals surface area contributed by atoms with Crippen LogP contribution in [0.4, 0.5) is 11.4 Å². The number of carbonyl (C=O) groups excluding carboxylic acids is 2. The Morgan fingerprint density at radius 2 is 1.93 bits per heavy atom. The van der Waals surface area contributed by atoms with Gasteiger partial charge in [0, 0.05) is 54.9 Å². The van der Waals surface area contributed by atoms with Crippen molar-refractivity contribution in [3.05, 3.63) is 58.1 Å². The van der Waals surface area contributed by atoms with Crippen LogP contribution in [0.1, 0.15) is 23.6 Å². The van der Waals surface area contributed by atoms with Crippen LogP contribution in [0.15, 0.2) is 36.4 Å². The third-order valence-corrected chi connectivity index (χ3v) is 6.30. The maximum atomic E-state index is 12.8. The van der Waals surface area contributed by atoms with Gasteiger partial charge in [-0.1, -0.05) is 17.7 Å². The zero-order chi connectivity index (χ0) is 20.5. The molecule has 1 aliphatic heterocycles. The highest BCUT2D eigenvalue weighted by atomic mass is 35.5. The Morgan fingerprint density at radius 3 is 2.69 bits per heavy atom. The lowest BCUT2D eigenvalue weighted by Gasteiger charge is -2.41. The molecule has 1 atom stereocenters. The summed E-state index contributed by atoms with van der Waals surface area (Å²) in [5.74, 6) is 0.358. The van der Waals surface area contributed by atoms with Gasteiger partial charge < -0.3 is 15.1 Å². The number of Topliss-reactive ketones (excluding diaryl/α,β-unsaturated/α-hetero) is 1. The van der Waals surface area contributed by atoms with Gasteiger partial charge in [0.2, 0.25) is 5.91 Å². The molecular weight excluding hydrogens is 386 g/mol. The Hall–Kier alpha value is -2.53. The minimum absolute atomic E-state index is 0.0982. The van der Waals surface area contributed by atoms with Gasteiger partial charge in [-0.15, -0.1) is 0 Å². The number of benzene rings is 2. The fourth-order valence-electron chi connectivity index (χ4n) is 4.23. The monoisotopic (exact) mass is 411 g/mol. The van der Waals surface area contributed by atoms with Crippen molar-refractivity contribution in [2.45, 2.75) is 32.7 Å². The quantitative estimate of drug-likeness (QED) is 0.837. The SMILES string of the molecule is Cc1cc(N2CCN(C(=O)CNc3ccc4c(c3)CC(=O)C4)[C@H](C)C2)ccc1Cl. The molecule has 6 heteroatoms. The topological polar surface area (TPSA) is 52.6 Å². The van der Waals surface area contributed by atoms with Crippen LogP contribution in [-0.4, -0.2) is 48.8 Å². The van der Waals surface area contributed by atoms with Crippen LogP contribution in [0.5, 0.6) is 0 Å². The number of anilines is 2. The number of hydrogen-bond donors (Lipinski definition) is 1. The molecule has 1 aliphatic carbocycles. The Bertz CT molecular complexity index is 959. The summed E-state index contributed by atoms with van der Waals surface area (Å²) >= 11 is 6.14. The molecule has 4 rings (SSSR count). The van der Waals surface area contributed by atoms with Crippen LogP contribution in [0.3, 0.4) is 0 Å². The standard InChI is InChI=1S/C23H26ClN3O2/c1-15-9-20(5-6-22(15)24)26-7-8-27(16(2)14-26)23(29)13-25-19-4-3-17-11-21(28)12-18(17)10-19/h3-6,9-10,16,25H,7-8,11-14H2,1-2H3/t16-/m1/s1. The van der Waals surface area contributed by atoms with E-state index in [2.05, 4.69) is 23.2 Å². The Labute approximate surface area is 176 Å². The minimum Gasteiger partial charge on any atom is -0.376 e. The molecule has 1 N–H and O–H groups in total. The predicted octanol–water partition coefficient (Wildman–Crippen LogP) is 3.47. The zero-order valence-electron chi connectivity index (χ0n) is 16.9. The van der Waals surface area contributed by atoms with E-state index >= 15 is 0 Å². The highest BCUT2D eigenvalue weighted by molar-refractivity contribution is 6.31. The van der Waals surface area contributed by atoms with Crippen molar-refractivity contribution in [2.24, 2.45) is 0 Å². The summed E-state index contributed by atoms with van der Waals surface area (Å²) < 4.78 is 0. The van der Waals surface area contributed by atoms with E-state index in [1.165, 1.54) is 0 Å². The third kappa shape index (κ3) is 4.25. The molecule has 5 nitrogen and oxygen atoms in total. The molecule has 2 aromatic carbocycles. The molecule has 0 radical (unpaired) electrons. The van der Waals surface area contributed by atoms with E-state index in [0.717, 1.165) is 46.2 Å². The second kappa shape index (κ2) is 8.07. The maximum absolute atomic E-state index is 12.8. The second-order valence-electron chi connectivity index (χ2n) is 8.04. The van der Waals surface area contributed by atoms with Gasteiger partial charge in [-0.05, 0) is 60.9 Å². The number of aryl methyl sites for hydroxylation is 1. The Balaban J connectivity index is 1.34. The van der Waals surface area contributed by atoms with Gasteiger partial charge in [0.15, 0.2) is 0 Å². The average molecular weight is 412 g/mol. The van der Waals surface area contributed by atoms with Crippen LogP contribution >= 0.6 is 11.6 Å². The van der Waals surface area contributed by atoms with Crippen molar-refractivity contribution in [2.75, 3.05) is 36.4 Å². The fraction of sp³-hybridized carbons (Fsp3) is 0.391. The van der Waals surface area contributed by atoms with Crippen LogP contribution in [-0.2, 0) is 22.4 Å². The van der Waals surface area contributed by atoms with Gasteiger partial charge in [0.05, 0.1) is 6.54 Å². The number of fused-ring (bicyclic) bond motifs is 1. The minimum atomic E-state index is 0.0982. The van der Waals surface area contributed by atoms with Crippen molar-refractivity contribution in [3.63, 3.8) is 0 Å². The Morgan fingerprint density at radius 1 is 1.14 bits per heavy atom. The van der Waals surface area contributed by atoms with E-state index < -0.39 is 0 Å². The maximum Gasteiger partial charge on any atom is 0.242 e. The number of nitrogens with one attached hydrogen (secondary N) is 1. The predicted molar refractivity (Wildman–Crippen MR) is 117 cm³/mol. The summed E-state index contributed by atoms with van der Waals surface area (Å²) in [4.78, 5) is 28.6. The molecule has 1 heterocycles. The molecule has 29 heavy (non-hydrogen) atoms. The molecule has 2 aliphatic rings. The first-order valence-corrected chi connectivity index (χ1v) is 10.5. The van der Waals surface area contributed by atoms with Gasteiger partial charge in [0.25, 0.3) is 0 Å². The summed E-state index contributed by atoms with van der Waals surface area (Å²) in [7, 11) is 0. The number of hydrogen-bond acceptors (Lipinski definition) is 4. The first-order valence-electron chi connectivity index (χ1n) is 10.1. The number of rotatable bonds is 4. The van der Waals surface area contributed by atoms with E-state index in [4.69, 9.17) is 11.6 Å². The van der Waals surface area contributed by atoms with Gasteiger partial charge in [0.1, 0.15) is 5.78 Å². The summed E-state index contributed by atoms with van der Waals surface area (Å²) in [6, 6.07) is 12.1. The number of halogens is 1. The number of amides is 1. The lowest BCUT2D eigenvalue weighted by Crippen LogP contribution is -2.55.